The summed E-state index contributed by atoms with van der Waals surface area (Å²) in [5.74, 6) is 2.83. The molecule has 0 amide bonds. The summed E-state index contributed by atoms with van der Waals surface area (Å²) in [6.45, 7) is 2.10. The lowest BCUT2D eigenvalue weighted by Crippen LogP contribution is -2.35. The van der Waals surface area contributed by atoms with Gasteiger partial charge < -0.3 is 18.9 Å². The molecule has 1 aliphatic rings. The first-order valence-electron chi connectivity index (χ1n) is 10.2. The van der Waals surface area contributed by atoms with E-state index in [1.165, 1.54) is 5.56 Å². The van der Waals surface area contributed by atoms with Crippen LogP contribution in [0.5, 0.6) is 23.0 Å². The van der Waals surface area contributed by atoms with Crippen LogP contribution in [0.15, 0.2) is 48.7 Å². The molecule has 1 aliphatic heterocycles. The number of rotatable bonds is 6. The second-order valence-corrected chi connectivity index (χ2v) is 7.58. The highest BCUT2D eigenvalue weighted by Crippen LogP contribution is 2.42. The minimum Gasteiger partial charge on any atom is -0.493 e. The molecule has 0 aliphatic carbocycles. The Labute approximate surface area is 183 Å². The van der Waals surface area contributed by atoms with Crippen molar-refractivity contribution < 1.29 is 18.9 Å². The molecule has 2 atom stereocenters. The fraction of sp³-hybridized carbons (Fsp3) is 0.320. The zero-order chi connectivity index (χ0) is 22.0. The van der Waals surface area contributed by atoms with Crippen molar-refractivity contribution in [3.8, 4) is 23.0 Å². The van der Waals surface area contributed by atoms with Gasteiger partial charge in [0.15, 0.2) is 23.0 Å². The Morgan fingerprint density at radius 2 is 1.52 bits per heavy atom. The van der Waals surface area contributed by atoms with Gasteiger partial charge in [0, 0.05) is 6.20 Å². The molecule has 1 N–H and O–H groups in total. The van der Waals surface area contributed by atoms with E-state index in [1.54, 1.807) is 28.4 Å². The van der Waals surface area contributed by atoms with Crippen molar-refractivity contribution in [2.45, 2.75) is 25.4 Å². The Balaban J connectivity index is 1.86. The van der Waals surface area contributed by atoms with Gasteiger partial charge in [-0.3, -0.25) is 10.3 Å². The molecule has 0 fully saturated rings. The van der Waals surface area contributed by atoms with Gasteiger partial charge in [0.2, 0.25) is 0 Å². The van der Waals surface area contributed by atoms with Crippen LogP contribution in [-0.2, 0) is 6.42 Å². The lowest BCUT2D eigenvalue weighted by Gasteiger charge is -2.34. The van der Waals surface area contributed by atoms with Crippen LogP contribution in [0.25, 0.3) is 0 Å². The van der Waals surface area contributed by atoms with E-state index >= 15 is 0 Å². The van der Waals surface area contributed by atoms with Crippen LogP contribution >= 0.6 is 0 Å². The second kappa shape index (κ2) is 8.86. The SMILES string of the molecule is COc1ccc([C@@H]2N[C@H](c3ncccc3C)Cc3cc(OC)c(OC)cc32)cc1OC. The Bertz CT molecular complexity index is 1080. The van der Waals surface area contributed by atoms with Gasteiger partial charge in [-0.15, -0.1) is 0 Å². The number of hydrogen-bond donors (Lipinski definition) is 1. The fourth-order valence-corrected chi connectivity index (χ4v) is 4.30. The molecule has 162 valence electrons. The van der Waals surface area contributed by atoms with Crippen LogP contribution < -0.4 is 24.3 Å². The molecule has 0 radical (unpaired) electrons. The Hall–Kier alpha value is -3.25. The normalized spacial score (nSPS) is 17.6. The molecule has 0 unspecified atom stereocenters. The maximum absolute atomic E-state index is 5.59. The summed E-state index contributed by atoms with van der Waals surface area (Å²) in [5.41, 5.74) is 5.63. The molecule has 3 aromatic rings. The molecule has 0 saturated heterocycles. The van der Waals surface area contributed by atoms with Crippen molar-refractivity contribution in [2.24, 2.45) is 0 Å². The number of fused-ring (bicyclic) bond motifs is 1. The number of ether oxygens (including phenoxy) is 4. The molecule has 0 saturated carbocycles. The van der Waals surface area contributed by atoms with Crippen molar-refractivity contribution in [1.82, 2.24) is 10.3 Å². The number of benzene rings is 2. The highest BCUT2D eigenvalue weighted by atomic mass is 16.5. The largest absolute Gasteiger partial charge is 0.493 e. The lowest BCUT2D eigenvalue weighted by atomic mass is 9.84. The van der Waals surface area contributed by atoms with E-state index in [1.807, 2.05) is 24.4 Å². The highest BCUT2D eigenvalue weighted by molar-refractivity contribution is 5.54. The first-order valence-corrected chi connectivity index (χ1v) is 10.2. The zero-order valence-corrected chi connectivity index (χ0v) is 18.6. The van der Waals surface area contributed by atoms with Gasteiger partial charge in [-0.1, -0.05) is 12.1 Å². The third-order valence-electron chi connectivity index (χ3n) is 5.87. The highest BCUT2D eigenvalue weighted by Gasteiger charge is 2.31. The van der Waals surface area contributed by atoms with Gasteiger partial charge in [0.05, 0.1) is 46.2 Å². The van der Waals surface area contributed by atoms with E-state index in [0.717, 1.165) is 34.6 Å². The standard InChI is InChI=1S/C25H28N2O4/c1-15-7-6-10-26-24(15)19-11-17-13-22(30-4)23(31-5)14-18(17)25(27-19)16-8-9-20(28-2)21(12-16)29-3/h6-10,12-14,19,25,27H,11H2,1-5H3/t19-,25-/m0/s1. The third kappa shape index (κ3) is 3.91. The number of nitrogens with one attached hydrogen (secondary N) is 1. The minimum absolute atomic E-state index is 0.0601. The van der Waals surface area contributed by atoms with Crippen LogP contribution in [0, 0.1) is 6.92 Å². The summed E-state index contributed by atoms with van der Waals surface area (Å²) in [7, 11) is 6.62. The molecule has 0 bridgehead atoms. The van der Waals surface area contributed by atoms with E-state index in [-0.39, 0.29) is 12.1 Å². The smallest absolute Gasteiger partial charge is 0.161 e. The number of nitrogens with zero attached hydrogens (tertiary/aromatic N) is 1. The Kier molecular flexibility index (Phi) is 6.00. The summed E-state index contributed by atoms with van der Waals surface area (Å²) >= 11 is 0. The molecule has 1 aromatic heterocycles. The summed E-state index contributed by atoms with van der Waals surface area (Å²) in [5, 5.41) is 3.81. The number of pyridine rings is 1. The van der Waals surface area contributed by atoms with Crippen LogP contribution in [0.2, 0.25) is 0 Å². The number of hydrogen-bond acceptors (Lipinski definition) is 6. The zero-order valence-electron chi connectivity index (χ0n) is 18.6. The molecule has 6 nitrogen and oxygen atoms in total. The van der Waals surface area contributed by atoms with Crippen molar-refractivity contribution in [1.29, 1.82) is 0 Å². The molecule has 0 spiro atoms. The van der Waals surface area contributed by atoms with Crippen molar-refractivity contribution >= 4 is 0 Å². The van der Waals surface area contributed by atoms with Crippen molar-refractivity contribution in [3.05, 3.63) is 76.6 Å². The Morgan fingerprint density at radius 3 is 2.19 bits per heavy atom. The van der Waals surface area contributed by atoms with Gasteiger partial charge in [-0.25, -0.2) is 0 Å². The predicted molar refractivity (Wildman–Crippen MR) is 119 cm³/mol. The molecule has 2 heterocycles. The minimum atomic E-state index is -0.0743. The van der Waals surface area contributed by atoms with Crippen LogP contribution in [0.3, 0.4) is 0 Å². The van der Waals surface area contributed by atoms with Gasteiger partial charge in [0.1, 0.15) is 0 Å². The number of aromatic nitrogens is 1. The van der Waals surface area contributed by atoms with E-state index in [2.05, 4.69) is 41.5 Å². The predicted octanol–water partition coefficient (Wildman–Crippen LogP) is 4.40. The molecule has 4 rings (SSSR count). The fourth-order valence-electron chi connectivity index (χ4n) is 4.30. The average Bonchev–Trinajstić information content (AvgIpc) is 2.82. The van der Waals surface area contributed by atoms with Crippen LogP contribution in [0.4, 0.5) is 0 Å². The molecular formula is C25H28N2O4. The van der Waals surface area contributed by atoms with Gasteiger partial charge in [-0.05, 0) is 65.9 Å². The first-order chi connectivity index (χ1) is 15.1. The van der Waals surface area contributed by atoms with E-state index in [0.29, 0.717) is 17.2 Å². The van der Waals surface area contributed by atoms with Gasteiger partial charge >= 0.3 is 0 Å². The second-order valence-electron chi connectivity index (χ2n) is 7.58. The number of methoxy groups -OCH3 is 4. The molecule has 31 heavy (non-hydrogen) atoms. The Morgan fingerprint density at radius 1 is 0.839 bits per heavy atom. The van der Waals surface area contributed by atoms with Crippen molar-refractivity contribution in [2.75, 3.05) is 28.4 Å². The van der Waals surface area contributed by atoms with Gasteiger partial charge in [-0.2, -0.15) is 0 Å². The summed E-state index contributed by atoms with van der Waals surface area (Å²) in [6.07, 6.45) is 2.65. The third-order valence-corrected chi connectivity index (χ3v) is 5.87. The van der Waals surface area contributed by atoms with Crippen LogP contribution in [-0.4, -0.2) is 33.4 Å². The average molecular weight is 421 g/mol. The molecular weight excluding hydrogens is 392 g/mol. The topological polar surface area (TPSA) is 61.8 Å². The maximum Gasteiger partial charge on any atom is 0.161 e. The number of aryl methyl sites for hydroxylation is 1. The molecule has 6 heteroatoms. The lowest BCUT2D eigenvalue weighted by molar-refractivity contribution is 0.349. The van der Waals surface area contributed by atoms with Gasteiger partial charge in [0.25, 0.3) is 0 Å². The summed E-state index contributed by atoms with van der Waals surface area (Å²) < 4.78 is 22.2. The maximum atomic E-state index is 5.59. The molecule has 2 aromatic carbocycles. The summed E-state index contributed by atoms with van der Waals surface area (Å²) in [4.78, 5) is 4.68. The van der Waals surface area contributed by atoms with Crippen LogP contribution in [0.1, 0.15) is 40.0 Å². The van der Waals surface area contributed by atoms with E-state index < -0.39 is 0 Å². The first kappa shape index (κ1) is 21.0. The summed E-state index contributed by atoms with van der Waals surface area (Å²) in [6, 6.07) is 14.2. The van der Waals surface area contributed by atoms with E-state index in [4.69, 9.17) is 18.9 Å². The van der Waals surface area contributed by atoms with E-state index in [9.17, 15) is 0 Å². The quantitative estimate of drug-likeness (QED) is 0.638. The van der Waals surface area contributed by atoms with Crippen molar-refractivity contribution in [3.63, 3.8) is 0 Å². The monoisotopic (exact) mass is 420 g/mol.